The number of carbonyl (C=O) groups is 3. The fraction of sp³-hybridized carbons (Fsp3) is 0.485. The molecule has 9 nitrogen and oxygen atoms in total. The lowest BCUT2D eigenvalue weighted by Gasteiger charge is -2.41. The second-order valence-electron chi connectivity index (χ2n) is 12.7. The van der Waals surface area contributed by atoms with Crippen molar-refractivity contribution >= 4 is 45.4 Å². The Kier molecular flexibility index (Phi) is 8.42. The molecule has 4 heterocycles. The molecule has 3 saturated heterocycles. The summed E-state index contributed by atoms with van der Waals surface area (Å²) in [4.78, 5) is 39.0. The number of urea groups is 1. The predicted molar refractivity (Wildman–Crippen MR) is 169 cm³/mol. The van der Waals surface area contributed by atoms with E-state index < -0.39 is 11.0 Å². The van der Waals surface area contributed by atoms with Crippen LogP contribution in [0.2, 0.25) is 0 Å². The van der Waals surface area contributed by atoms with Gasteiger partial charge in [-0.15, -0.1) is 0 Å². The third-order valence-corrected chi connectivity index (χ3v) is 11.1. The van der Waals surface area contributed by atoms with Gasteiger partial charge in [-0.2, -0.15) is 0 Å². The van der Waals surface area contributed by atoms with Crippen LogP contribution in [0.1, 0.15) is 81.9 Å². The van der Waals surface area contributed by atoms with Gasteiger partial charge in [0.2, 0.25) is 11.8 Å². The first-order valence-electron chi connectivity index (χ1n) is 15.4. The highest BCUT2D eigenvalue weighted by Gasteiger charge is 2.33. The number of piperidine rings is 3. The number of benzene rings is 2. The Bertz CT molecular complexity index is 1560. The van der Waals surface area contributed by atoms with Crippen molar-refractivity contribution < 1.29 is 18.6 Å². The number of fused-ring (bicyclic) bond motifs is 1. The van der Waals surface area contributed by atoms with Gasteiger partial charge in [0, 0.05) is 49.0 Å². The fourth-order valence-corrected chi connectivity index (χ4v) is 8.45. The second-order valence-corrected chi connectivity index (χ2v) is 14.1. The van der Waals surface area contributed by atoms with Crippen LogP contribution in [0.3, 0.4) is 0 Å². The Labute approximate surface area is 255 Å². The van der Waals surface area contributed by atoms with Crippen molar-refractivity contribution in [2.24, 2.45) is 0 Å². The number of hydrogen-bond acceptors (Lipinski definition) is 4. The number of nitrogens with zero attached hydrogens (tertiary/aromatic N) is 3. The quantitative estimate of drug-likeness (QED) is 0.365. The average Bonchev–Trinajstić information content (AvgIpc) is 3.40. The molecule has 3 fully saturated rings. The topological polar surface area (TPSA) is 104 Å². The van der Waals surface area contributed by atoms with E-state index in [9.17, 15) is 18.6 Å². The molecule has 0 saturated carbocycles. The van der Waals surface area contributed by atoms with Gasteiger partial charge in [0.15, 0.2) is 0 Å². The zero-order valence-corrected chi connectivity index (χ0v) is 25.8. The van der Waals surface area contributed by atoms with Crippen LogP contribution < -0.4 is 10.6 Å². The lowest BCUT2D eigenvalue weighted by atomic mass is 9.89. The molecule has 4 amide bonds. The molecule has 3 aromatic rings. The van der Waals surface area contributed by atoms with E-state index in [2.05, 4.69) is 47.0 Å². The van der Waals surface area contributed by atoms with Crippen molar-refractivity contribution in [2.75, 3.05) is 25.0 Å². The van der Waals surface area contributed by atoms with Gasteiger partial charge < -0.3 is 14.8 Å². The summed E-state index contributed by atoms with van der Waals surface area (Å²) in [5.74, 6) is 0.342. The van der Waals surface area contributed by atoms with E-state index in [1.54, 1.807) is 0 Å². The molecule has 10 heteroatoms. The van der Waals surface area contributed by atoms with E-state index in [4.69, 9.17) is 0 Å². The van der Waals surface area contributed by atoms with Gasteiger partial charge in [0.05, 0.1) is 16.7 Å². The normalized spacial score (nSPS) is 22.4. The molecule has 228 valence electrons. The van der Waals surface area contributed by atoms with E-state index >= 15 is 0 Å². The molecule has 2 atom stereocenters. The van der Waals surface area contributed by atoms with Crippen molar-refractivity contribution in [1.82, 2.24) is 19.1 Å². The van der Waals surface area contributed by atoms with E-state index in [1.165, 1.54) is 12.0 Å². The van der Waals surface area contributed by atoms with Crippen molar-refractivity contribution in [1.29, 1.82) is 0 Å². The highest BCUT2D eigenvalue weighted by atomic mass is 32.2. The number of likely N-dealkylation sites (tertiary alicyclic amines) is 1. The smallest absolute Gasteiger partial charge is 0.321 e. The standard InChI is InChI=1S/C33H41N5O4S/c1-33(2)15-3-4-16-38(33)43(42)22-23-6-5-7-27(20-23)34-32(41)36-17-12-24(13-18-36)25-8-9-28-26(21-25)14-19-37(28)29-10-11-30(39)35-31(29)40/h5-9,14,19-21,24,29H,3-4,10-13,15-18,22H2,1-2H3,(H,34,41)(H,35,39,40). The molecular formula is C33H41N5O4S. The highest BCUT2D eigenvalue weighted by Crippen LogP contribution is 2.33. The van der Waals surface area contributed by atoms with Crippen LogP contribution in [0.4, 0.5) is 10.5 Å². The first kappa shape index (κ1) is 29.6. The Morgan fingerprint density at radius 2 is 1.84 bits per heavy atom. The van der Waals surface area contributed by atoms with Gasteiger partial charge in [0.1, 0.15) is 6.04 Å². The van der Waals surface area contributed by atoms with Gasteiger partial charge in [0.25, 0.3) is 0 Å². The SMILES string of the molecule is CC1(C)CCCCN1S(=O)Cc1cccc(NC(=O)N2CCC(c3ccc4c(ccn4C4CCC(=O)NC4=O)c3)CC2)c1. The molecule has 0 spiro atoms. The Hall–Kier alpha value is -3.50. The fourth-order valence-electron chi connectivity index (χ4n) is 6.85. The van der Waals surface area contributed by atoms with Crippen LogP contribution in [0.15, 0.2) is 54.7 Å². The minimum atomic E-state index is -1.11. The molecule has 3 aliphatic heterocycles. The summed E-state index contributed by atoms with van der Waals surface area (Å²) in [6.07, 6.45) is 7.85. The minimum absolute atomic E-state index is 0.0618. The number of carbonyl (C=O) groups excluding carboxylic acids is 3. The number of anilines is 1. The summed E-state index contributed by atoms with van der Waals surface area (Å²) in [6, 6.07) is 15.7. The van der Waals surface area contributed by atoms with Crippen LogP contribution in [0.25, 0.3) is 10.9 Å². The van der Waals surface area contributed by atoms with Gasteiger partial charge in [-0.3, -0.25) is 14.9 Å². The Morgan fingerprint density at radius 1 is 1.02 bits per heavy atom. The molecule has 2 N–H and O–H groups in total. The minimum Gasteiger partial charge on any atom is -0.335 e. The summed E-state index contributed by atoms with van der Waals surface area (Å²) in [5.41, 5.74) is 3.85. The molecule has 6 rings (SSSR count). The van der Waals surface area contributed by atoms with Gasteiger partial charge in [-0.05, 0) is 98.7 Å². The molecule has 43 heavy (non-hydrogen) atoms. The zero-order chi connectivity index (χ0) is 30.1. The number of amides is 4. The zero-order valence-electron chi connectivity index (χ0n) is 25.0. The van der Waals surface area contributed by atoms with Crippen LogP contribution in [0.5, 0.6) is 0 Å². The number of rotatable bonds is 6. The average molecular weight is 604 g/mol. The van der Waals surface area contributed by atoms with E-state index in [1.807, 2.05) is 46.0 Å². The van der Waals surface area contributed by atoms with Crippen molar-refractivity contribution in [3.8, 4) is 0 Å². The summed E-state index contributed by atoms with van der Waals surface area (Å²) >= 11 is 0. The van der Waals surface area contributed by atoms with Crippen molar-refractivity contribution in [2.45, 2.75) is 82.0 Å². The number of nitrogens with one attached hydrogen (secondary N) is 2. The molecule has 1 aromatic heterocycles. The molecular weight excluding hydrogens is 562 g/mol. The maximum Gasteiger partial charge on any atom is 0.321 e. The first-order chi connectivity index (χ1) is 20.7. The van der Waals surface area contributed by atoms with Crippen molar-refractivity contribution in [3.63, 3.8) is 0 Å². The summed E-state index contributed by atoms with van der Waals surface area (Å²) in [6.45, 7) is 6.53. The maximum absolute atomic E-state index is 13.2. The summed E-state index contributed by atoms with van der Waals surface area (Å²) in [5, 5.41) is 6.58. The van der Waals surface area contributed by atoms with Crippen LogP contribution in [-0.4, -0.2) is 61.0 Å². The van der Waals surface area contributed by atoms with Crippen LogP contribution in [-0.2, 0) is 26.3 Å². The largest absolute Gasteiger partial charge is 0.335 e. The van der Waals surface area contributed by atoms with Crippen LogP contribution in [0, 0.1) is 0 Å². The maximum atomic E-state index is 13.2. The summed E-state index contributed by atoms with van der Waals surface area (Å²) < 4.78 is 17.3. The third kappa shape index (κ3) is 6.40. The Morgan fingerprint density at radius 3 is 2.60 bits per heavy atom. The van der Waals surface area contributed by atoms with Crippen LogP contribution >= 0.6 is 0 Å². The molecule has 2 aromatic carbocycles. The molecule has 0 radical (unpaired) electrons. The molecule has 0 aliphatic carbocycles. The molecule has 3 aliphatic rings. The molecule has 0 bridgehead atoms. The number of imide groups is 1. The lowest BCUT2D eigenvalue weighted by Crippen LogP contribution is -2.48. The first-order valence-corrected chi connectivity index (χ1v) is 16.7. The van der Waals surface area contributed by atoms with Gasteiger partial charge in [-0.1, -0.05) is 24.6 Å². The third-order valence-electron chi connectivity index (χ3n) is 9.33. The van der Waals surface area contributed by atoms with Crippen molar-refractivity contribution in [3.05, 3.63) is 65.9 Å². The number of hydrogen-bond donors (Lipinski definition) is 2. The van der Waals surface area contributed by atoms with E-state index in [0.717, 1.165) is 54.4 Å². The second kappa shape index (κ2) is 12.2. The predicted octanol–water partition coefficient (Wildman–Crippen LogP) is 5.46. The monoisotopic (exact) mass is 603 g/mol. The molecule has 2 unspecified atom stereocenters. The summed E-state index contributed by atoms with van der Waals surface area (Å²) in [7, 11) is -1.11. The highest BCUT2D eigenvalue weighted by molar-refractivity contribution is 7.81. The van der Waals surface area contributed by atoms with Gasteiger partial charge >= 0.3 is 6.03 Å². The van der Waals surface area contributed by atoms with Gasteiger partial charge in [-0.25, -0.2) is 13.3 Å². The number of aromatic nitrogens is 1. The lowest BCUT2D eigenvalue weighted by molar-refractivity contribution is -0.135. The Balaban J connectivity index is 1.04. The van der Waals surface area contributed by atoms with E-state index in [-0.39, 0.29) is 29.4 Å². The van der Waals surface area contributed by atoms with E-state index in [0.29, 0.717) is 37.6 Å².